The first-order chi connectivity index (χ1) is 13.9. The molecule has 0 radical (unpaired) electrons. The van der Waals surface area contributed by atoms with Crippen molar-refractivity contribution in [1.82, 2.24) is 10.1 Å². The fourth-order valence-corrected chi connectivity index (χ4v) is 3.31. The van der Waals surface area contributed by atoms with E-state index < -0.39 is 24.3 Å². The van der Waals surface area contributed by atoms with Gasteiger partial charge in [0, 0.05) is 23.0 Å². The van der Waals surface area contributed by atoms with Crippen LogP contribution in [0.3, 0.4) is 0 Å². The Morgan fingerprint density at radius 3 is 2.90 bits per heavy atom. The number of esters is 1. The van der Waals surface area contributed by atoms with E-state index in [2.05, 4.69) is 15.5 Å². The van der Waals surface area contributed by atoms with Gasteiger partial charge in [0.05, 0.1) is 16.9 Å². The van der Waals surface area contributed by atoms with E-state index in [0.717, 1.165) is 6.07 Å². The Labute approximate surface area is 174 Å². The molecule has 2 aromatic heterocycles. The summed E-state index contributed by atoms with van der Waals surface area (Å²) in [6.07, 6.45) is 1.54. The van der Waals surface area contributed by atoms with Gasteiger partial charge in [-0.3, -0.25) is 4.79 Å². The molecule has 0 unspecified atom stereocenters. The average molecular weight is 436 g/mol. The van der Waals surface area contributed by atoms with Crippen molar-refractivity contribution in [2.75, 3.05) is 11.9 Å². The maximum absolute atomic E-state index is 13.7. The fraction of sp³-hybridized carbons (Fsp3) is 0.158. The van der Waals surface area contributed by atoms with Crippen LogP contribution in [0.15, 0.2) is 52.1 Å². The molecule has 0 saturated carbocycles. The fourth-order valence-electron chi connectivity index (χ4n) is 2.28. The number of nitrogens with zero attached hydrogens (tertiary/aromatic N) is 2. The smallest absolute Gasteiger partial charge is 0.341 e. The lowest BCUT2D eigenvalue weighted by atomic mass is 10.3. The standard InChI is InChI=1S/C19H15ClFN3O4S/c1-11-7-13(24-28-11)10-29-18-14(3-2-6-22-18)19(26)27-9-17(25)23-16-8-12(20)4-5-15(16)21/h2-8H,9-10H2,1H3,(H,23,25). The van der Waals surface area contributed by atoms with Gasteiger partial charge < -0.3 is 14.6 Å². The third-order valence-corrected chi connectivity index (χ3v) is 4.84. The molecule has 0 atom stereocenters. The first-order valence-electron chi connectivity index (χ1n) is 8.34. The number of aromatic nitrogens is 2. The summed E-state index contributed by atoms with van der Waals surface area (Å²) in [5, 5.41) is 6.88. The Morgan fingerprint density at radius 2 is 2.14 bits per heavy atom. The zero-order chi connectivity index (χ0) is 20.8. The number of hydrogen-bond donors (Lipinski definition) is 1. The van der Waals surface area contributed by atoms with Crippen molar-refractivity contribution in [2.24, 2.45) is 0 Å². The van der Waals surface area contributed by atoms with Gasteiger partial charge in [0.2, 0.25) is 0 Å². The molecule has 0 aliphatic carbocycles. The van der Waals surface area contributed by atoms with Crippen molar-refractivity contribution in [1.29, 1.82) is 0 Å². The van der Waals surface area contributed by atoms with Crippen molar-refractivity contribution >= 4 is 40.9 Å². The summed E-state index contributed by atoms with van der Waals surface area (Å²) in [5.41, 5.74) is 0.818. The number of nitrogens with one attached hydrogen (secondary N) is 1. The van der Waals surface area contributed by atoms with Gasteiger partial charge in [0.25, 0.3) is 5.91 Å². The minimum Gasteiger partial charge on any atom is -0.452 e. The SMILES string of the molecule is Cc1cc(CSc2ncccc2C(=O)OCC(=O)Nc2cc(Cl)ccc2F)no1. The molecule has 0 aliphatic rings. The molecular formula is C19H15ClFN3O4S. The highest BCUT2D eigenvalue weighted by Gasteiger charge is 2.17. The van der Waals surface area contributed by atoms with Gasteiger partial charge in [-0.25, -0.2) is 14.2 Å². The third-order valence-electron chi connectivity index (χ3n) is 3.56. The number of carbonyl (C=O) groups is 2. The maximum atomic E-state index is 13.7. The molecule has 0 spiro atoms. The summed E-state index contributed by atoms with van der Waals surface area (Å²) in [4.78, 5) is 28.5. The normalized spacial score (nSPS) is 10.6. The van der Waals surface area contributed by atoms with Crippen LogP contribution in [0.25, 0.3) is 0 Å². The number of benzene rings is 1. The number of ether oxygens (including phenoxy) is 1. The number of amides is 1. The summed E-state index contributed by atoms with van der Waals surface area (Å²) in [5.74, 6) is -0.941. The van der Waals surface area contributed by atoms with Crippen LogP contribution < -0.4 is 5.32 Å². The Bertz CT molecular complexity index is 1040. The second kappa shape index (κ2) is 9.53. The van der Waals surface area contributed by atoms with E-state index in [-0.39, 0.29) is 16.3 Å². The van der Waals surface area contributed by atoms with E-state index in [1.54, 1.807) is 31.3 Å². The largest absolute Gasteiger partial charge is 0.452 e. The van der Waals surface area contributed by atoms with Crippen molar-refractivity contribution in [3.8, 4) is 0 Å². The number of aryl methyl sites for hydroxylation is 1. The van der Waals surface area contributed by atoms with Crippen LogP contribution in [-0.4, -0.2) is 28.6 Å². The van der Waals surface area contributed by atoms with Crippen LogP contribution in [0.2, 0.25) is 5.02 Å². The lowest BCUT2D eigenvalue weighted by Crippen LogP contribution is -2.21. The molecular weight excluding hydrogens is 421 g/mol. The number of pyridine rings is 1. The molecule has 10 heteroatoms. The molecule has 150 valence electrons. The molecule has 29 heavy (non-hydrogen) atoms. The lowest BCUT2D eigenvalue weighted by molar-refractivity contribution is -0.119. The minimum atomic E-state index is -0.723. The summed E-state index contributed by atoms with van der Waals surface area (Å²) < 4.78 is 23.7. The second-order valence-corrected chi connectivity index (χ2v) is 7.22. The van der Waals surface area contributed by atoms with Crippen LogP contribution >= 0.6 is 23.4 Å². The second-order valence-electron chi connectivity index (χ2n) is 5.82. The first-order valence-corrected chi connectivity index (χ1v) is 9.71. The summed E-state index contributed by atoms with van der Waals surface area (Å²) >= 11 is 7.06. The molecule has 0 saturated heterocycles. The maximum Gasteiger partial charge on any atom is 0.341 e. The Morgan fingerprint density at radius 1 is 1.31 bits per heavy atom. The zero-order valence-electron chi connectivity index (χ0n) is 15.1. The lowest BCUT2D eigenvalue weighted by Gasteiger charge is -2.09. The Hall–Kier alpha value is -2.91. The highest BCUT2D eigenvalue weighted by molar-refractivity contribution is 7.98. The topological polar surface area (TPSA) is 94.3 Å². The molecule has 1 N–H and O–H groups in total. The number of rotatable bonds is 7. The van der Waals surface area contributed by atoms with Gasteiger partial charge in [0.15, 0.2) is 6.61 Å². The summed E-state index contributed by atoms with van der Waals surface area (Å²) in [6, 6.07) is 8.65. The molecule has 2 heterocycles. The number of anilines is 1. The van der Waals surface area contributed by atoms with Crippen molar-refractivity contribution in [3.05, 3.63) is 70.5 Å². The average Bonchev–Trinajstić information content (AvgIpc) is 3.13. The molecule has 1 amide bonds. The van der Waals surface area contributed by atoms with Crippen LogP contribution in [0, 0.1) is 12.7 Å². The molecule has 1 aromatic carbocycles. The van der Waals surface area contributed by atoms with Crippen LogP contribution in [-0.2, 0) is 15.3 Å². The van der Waals surface area contributed by atoms with Gasteiger partial charge in [0.1, 0.15) is 16.6 Å². The van der Waals surface area contributed by atoms with E-state index in [4.69, 9.17) is 20.9 Å². The third kappa shape index (κ3) is 5.78. The molecule has 7 nitrogen and oxygen atoms in total. The molecule has 0 bridgehead atoms. The number of carbonyl (C=O) groups excluding carboxylic acids is 2. The quantitative estimate of drug-likeness (QED) is 0.437. The predicted molar refractivity (Wildman–Crippen MR) is 105 cm³/mol. The van der Waals surface area contributed by atoms with Crippen molar-refractivity contribution in [3.63, 3.8) is 0 Å². The summed E-state index contributed by atoms with van der Waals surface area (Å²) in [6.45, 7) is 1.19. The van der Waals surface area contributed by atoms with E-state index >= 15 is 0 Å². The summed E-state index contributed by atoms with van der Waals surface area (Å²) in [7, 11) is 0. The van der Waals surface area contributed by atoms with Gasteiger partial charge >= 0.3 is 5.97 Å². The van der Waals surface area contributed by atoms with Crippen LogP contribution in [0.4, 0.5) is 10.1 Å². The van der Waals surface area contributed by atoms with Crippen molar-refractivity contribution < 1.29 is 23.2 Å². The van der Waals surface area contributed by atoms with E-state index in [9.17, 15) is 14.0 Å². The molecule has 3 rings (SSSR count). The monoisotopic (exact) mass is 435 g/mol. The minimum absolute atomic E-state index is 0.0981. The Kier molecular flexibility index (Phi) is 6.84. The zero-order valence-corrected chi connectivity index (χ0v) is 16.7. The van der Waals surface area contributed by atoms with E-state index in [1.807, 2.05) is 0 Å². The van der Waals surface area contributed by atoms with Crippen LogP contribution in [0.1, 0.15) is 21.8 Å². The van der Waals surface area contributed by atoms with Crippen molar-refractivity contribution in [2.45, 2.75) is 17.7 Å². The highest BCUT2D eigenvalue weighted by atomic mass is 35.5. The van der Waals surface area contributed by atoms with Gasteiger partial charge in [-0.1, -0.05) is 28.5 Å². The predicted octanol–water partition coefficient (Wildman–Crippen LogP) is 4.26. The number of halogens is 2. The van der Waals surface area contributed by atoms with E-state index in [1.165, 1.54) is 23.9 Å². The first kappa shape index (κ1) is 20.8. The molecule has 0 aliphatic heterocycles. The van der Waals surface area contributed by atoms with Gasteiger partial charge in [-0.2, -0.15) is 0 Å². The Balaban J connectivity index is 1.59. The number of hydrogen-bond acceptors (Lipinski definition) is 7. The number of thioether (sulfide) groups is 1. The van der Waals surface area contributed by atoms with Gasteiger partial charge in [-0.15, -0.1) is 0 Å². The van der Waals surface area contributed by atoms with Crippen LogP contribution in [0.5, 0.6) is 0 Å². The highest BCUT2D eigenvalue weighted by Crippen LogP contribution is 2.25. The van der Waals surface area contributed by atoms with Gasteiger partial charge in [-0.05, 0) is 37.3 Å². The molecule has 3 aromatic rings. The molecule has 0 fully saturated rings. The van der Waals surface area contributed by atoms with E-state index in [0.29, 0.717) is 22.2 Å².